The predicted octanol–water partition coefficient (Wildman–Crippen LogP) is 6.20. The van der Waals surface area contributed by atoms with E-state index in [9.17, 15) is 0 Å². The summed E-state index contributed by atoms with van der Waals surface area (Å²) < 4.78 is 0. The van der Waals surface area contributed by atoms with Crippen LogP contribution in [0, 0.1) is 10.8 Å². The molecule has 1 unspecified atom stereocenters. The summed E-state index contributed by atoms with van der Waals surface area (Å²) in [6, 6.07) is 0. The van der Waals surface area contributed by atoms with Gasteiger partial charge in [-0.1, -0.05) is 67.2 Å². The van der Waals surface area contributed by atoms with Crippen molar-refractivity contribution in [2.45, 2.75) is 92.9 Å². The van der Waals surface area contributed by atoms with Crippen LogP contribution in [0.3, 0.4) is 0 Å². The third-order valence-electron chi connectivity index (χ3n) is 3.69. The molecule has 16 heavy (non-hydrogen) atoms. The van der Waals surface area contributed by atoms with Gasteiger partial charge >= 0.3 is 0 Å². The van der Waals surface area contributed by atoms with E-state index in [2.05, 4.69) is 41.5 Å². The second kappa shape index (κ2) is 7.35. The van der Waals surface area contributed by atoms with E-state index < -0.39 is 0 Å². The zero-order chi connectivity index (χ0) is 12.7. The first-order chi connectivity index (χ1) is 7.33. The van der Waals surface area contributed by atoms with Crippen LogP contribution in [0.15, 0.2) is 0 Å². The first kappa shape index (κ1) is 16.0. The van der Waals surface area contributed by atoms with Gasteiger partial charge in [-0.05, 0) is 36.5 Å². The molecule has 0 aromatic heterocycles. The van der Waals surface area contributed by atoms with Crippen molar-refractivity contribution in [3.63, 3.8) is 0 Å². The largest absolute Gasteiger partial charge is 0.0654 e. The second-order valence-electron chi connectivity index (χ2n) is 7.08. The van der Waals surface area contributed by atoms with E-state index in [1.807, 2.05) is 0 Å². The average Bonchev–Trinajstić information content (AvgIpc) is 2.13. The zero-order valence-electron chi connectivity index (χ0n) is 12.7. The monoisotopic (exact) mass is 226 g/mol. The quantitative estimate of drug-likeness (QED) is 0.462. The van der Waals surface area contributed by atoms with Gasteiger partial charge in [0, 0.05) is 0 Å². The maximum absolute atomic E-state index is 2.51. The topological polar surface area (TPSA) is 0 Å². The van der Waals surface area contributed by atoms with Crippen molar-refractivity contribution in [2.75, 3.05) is 0 Å². The summed E-state index contributed by atoms with van der Waals surface area (Å²) in [6.07, 6.45) is 11.2. The minimum Gasteiger partial charge on any atom is -0.0654 e. The van der Waals surface area contributed by atoms with E-state index in [1.165, 1.54) is 51.4 Å². The third-order valence-corrected chi connectivity index (χ3v) is 3.69. The van der Waals surface area contributed by atoms with E-state index in [-0.39, 0.29) is 0 Å². The minimum absolute atomic E-state index is 0.512. The number of hydrogen-bond acceptors (Lipinski definition) is 0. The van der Waals surface area contributed by atoms with Crippen LogP contribution in [0.2, 0.25) is 0 Å². The molecule has 0 rings (SSSR count). The van der Waals surface area contributed by atoms with Gasteiger partial charge in [0.25, 0.3) is 0 Å². The van der Waals surface area contributed by atoms with Crippen LogP contribution in [0.5, 0.6) is 0 Å². The Bertz CT molecular complexity index is 163. The highest BCUT2D eigenvalue weighted by Crippen LogP contribution is 2.36. The lowest BCUT2D eigenvalue weighted by molar-refractivity contribution is 0.216. The Kier molecular flexibility index (Phi) is 7.35. The van der Waals surface area contributed by atoms with Crippen molar-refractivity contribution in [3.8, 4) is 0 Å². The van der Waals surface area contributed by atoms with Crippen molar-refractivity contribution in [1.29, 1.82) is 0 Å². The molecule has 0 fully saturated rings. The molecular weight excluding hydrogens is 192 g/mol. The van der Waals surface area contributed by atoms with Crippen molar-refractivity contribution in [1.82, 2.24) is 0 Å². The average molecular weight is 226 g/mol. The smallest absolute Gasteiger partial charge is 0.0326 e. The van der Waals surface area contributed by atoms with Crippen LogP contribution in [-0.2, 0) is 0 Å². The van der Waals surface area contributed by atoms with Gasteiger partial charge in [-0.25, -0.2) is 0 Å². The Hall–Kier alpha value is 0. The first-order valence-corrected chi connectivity index (χ1v) is 7.33. The van der Waals surface area contributed by atoms with E-state index >= 15 is 0 Å². The predicted molar refractivity (Wildman–Crippen MR) is 75.8 cm³/mol. The summed E-state index contributed by atoms with van der Waals surface area (Å²) in [5, 5.41) is 0. The number of hydrogen-bond donors (Lipinski definition) is 0. The SMILES string of the molecule is CCCCC(C)(CCC)CCCC(C)(C)C. The third kappa shape index (κ3) is 8.19. The van der Waals surface area contributed by atoms with Gasteiger partial charge in [-0.2, -0.15) is 0 Å². The fraction of sp³-hybridized carbons (Fsp3) is 1.00. The molecule has 0 saturated carbocycles. The van der Waals surface area contributed by atoms with Crippen molar-refractivity contribution < 1.29 is 0 Å². The molecule has 0 bridgehead atoms. The summed E-state index contributed by atoms with van der Waals surface area (Å²) in [4.78, 5) is 0. The van der Waals surface area contributed by atoms with Gasteiger partial charge in [0.1, 0.15) is 0 Å². The lowest BCUT2D eigenvalue weighted by atomic mass is 9.75. The van der Waals surface area contributed by atoms with Gasteiger partial charge in [0.05, 0.1) is 0 Å². The van der Waals surface area contributed by atoms with Crippen LogP contribution in [0.25, 0.3) is 0 Å². The molecule has 98 valence electrons. The Morgan fingerprint density at radius 3 is 1.62 bits per heavy atom. The highest BCUT2D eigenvalue weighted by Gasteiger charge is 2.23. The fourth-order valence-electron chi connectivity index (χ4n) is 2.63. The van der Waals surface area contributed by atoms with Crippen molar-refractivity contribution in [2.24, 2.45) is 10.8 Å². The lowest BCUT2D eigenvalue weighted by Gasteiger charge is -2.31. The molecule has 0 heterocycles. The van der Waals surface area contributed by atoms with E-state index in [1.54, 1.807) is 0 Å². The molecule has 0 saturated heterocycles. The number of unbranched alkanes of at least 4 members (excludes halogenated alkanes) is 1. The van der Waals surface area contributed by atoms with E-state index in [0.29, 0.717) is 10.8 Å². The summed E-state index contributed by atoms with van der Waals surface area (Å²) in [7, 11) is 0. The van der Waals surface area contributed by atoms with Crippen LogP contribution in [-0.4, -0.2) is 0 Å². The maximum atomic E-state index is 2.51. The molecular formula is C16H34. The summed E-state index contributed by atoms with van der Waals surface area (Å²) in [5.74, 6) is 0. The Morgan fingerprint density at radius 2 is 1.19 bits per heavy atom. The molecule has 0 N–H and O–H groups in total. The molecule has 0 nitrogen and oxygen atoms in total. The van der Waals surface area contributed by atoms with Crippen LogP contribution >= 0.6 is 0 Å². The highest BCUT2D eigenvalue weighted by atomic mass is 14.3. The van der Waals surface area contributed by atoms with Crippen LogP contribution < -0.4 is 0 Å². The molecule has 0 amide bonds. The zero-order valence-corrected chi connectivity index (χ0v) is 12.7. The molecule has 0 heteroatoms. The van der Waals surface area contributed by atoms with Crippen molar-refractivity contribution in [3.05, 3.63) is 0 Å². The van der Waals surface area contributed by atoms with Crippen LogP contribution in [0.4, 0.5) is 0 Å². The Morgan fingerprint density at radius 1 is 0.625 bits per heavy atom. The second-order valence-corrected chi connectivity index (χ2v) is 7.08. The Labute approximate surface area is 104 Å². The summed E-state index contributed by atoms with van der Waals surface area (Å²) in [6.45, 7) is 14.2. The molecule has 1 atom stereocenters. The van der Waals surface area contributed by atoms with E-state index in [4.69, 9.17) is 0 Å². The highest BCUT2D eigenvalue weighted by molar-refractivity contribution is 4.75. The van der Waals surface area contributed by atoms with Gasteiger partial charge in [0.15, 0.2) is 0 Å². The van der Waals surface area contributed by atoms with Gasteiger partial charge < -0.3 is 0 Å². The van der Waals surface area contributed by atoms with Gasteiger partial charge in [-0.3, -0.25) is 0 Å². The summed E-state index contributed by atoms with van der Waals surface area (Å²) in [5.41, 5.74) is 1.13. The molecule has 0 spiro atoms. The molecule has 0 aliphatic heterocycles. The summed E-state index contributed by atoms with van der Waals surface area (Å²) >= 11 is 0. The number of rotatable bonds is 8. The Balaban J connectivity index is 4.01. The standard InChI is InChI=1S/C16H34/c1-7-9-13-16(6,11-8-2)14-10-12-15(3,4)5/h7-14H2,1-6H3. The lowest BCUT2D eigenvalue weighted by Crippen LogP contribution is -2.17. The minimum atomic E-state index is 0.512. The van der Waals surface area contributed by atoms with Gasteiger partial charge in [0.2, 0.25) is 0 Å². The van der Waals surface area contributed by atoms with Gasteiger partial charge in [-0.15, -0.1) is 0 Å². The van der Waals surface area contributed by atoms with Crippen molar-refractivity contribution >= 4 is 0 Å². The van der Waals surface area contributed by atoms with E-state index in [0.717, 1.165) is 0 Å². The molecule has 0 aliphatic rings. The van der Waals surface area contributed by atoms with Crippen LogP contribution in [0.1, 0.15) is 92.9 Å². The normalized spacial score (nSPS) is 16.1. The molecule has 0 aromatic carbocycles. The molecule has 0 radical (unpaired) electrons. The maximum Gasteiger partial charge on any atom is -0.0326 e. The fourth-order valence-corrected chi connectivity index (χ4v) is 2.63. The first-order valence-electron chi connectivity index (χ1n) is 7.33. The molecule has 0 aliphatic carbocycles. The molecule has 0 aromatic rings.